The zero-order valence-electron chi connectivity index (χ0n) is 25.7. The number of rotatable bonds is 11. The van der Waals surface area contributed by atoms with E-state index < -0.39 is 48.4 Å². The van der Waals surface area contributed by atoms with Crippen LogP contribution in [0.5, 0.6) is 0 Å². The molecule has 11 nitrogen and oxygen atoms in total. The van der Waals surface area contributed by atoms with E-state index in [1.165, 1.54) is 6.07 Å². The molecule has 2 fully saturated rings. The summed E-state index contributed by atoms with van der Waals surface area (Å²) in [6.45, 7) is 3.17. The summed E-state index contributed by atoms with van der Waals surface area (Å²) in [5.41, 5.74) is -0.00441. The van der Waals surface area contributed by atoms with Crippen LogP contribution in [0, 0.1) is 11.7 Å². The van der Waals surface area contributed by atoms with Crippen LogP contribution in [0.25, 0.3) is 0 Å². The van der Waals surface area contributed by atoms with Gasteiger partial charge in [0.1, 0.15) is 11.9 Å². The van der Waals surface area contributed by atoms with Crippen molar-refractivity contribution in [2.75, 3.05) is 51.2 Å². The number of benzene rings is 2. The molecule has 3 aliphatic rings. The largest absolute Gasteiger partial charge is 0.481 e. The number of aliphatic hydroxyl groups is 1. The highest BCUT2D eigenvalue weighted by atomic mass is 35.5. The van der Waals surface area contributed by atoms with Gasteiger partial charge in [-0.25, -0.2) is 9.18 Å². The van der Waals surface area contributed by atoms with Crippen molar-refractivity contribution >= 4 is 41.1 Å². The molecule has 46 heavy (non-hydrogen) atoms. The predicted molar refractivity (Wildman–Crippen MR) is 166 cm³/mol. The van der Waals surface area contributed by atoms with E-state index in [0.29, 0.717) is 31.0 Å². The Morgan fingerprint density at radius 1 is 1.09 bits per heavy atom. The minimum Gasteiger partial charge on any atom is -0.481 e. The minimum absolute atomic E-state index is 0.0891. The van der Waals surface area contributed by atoms with Crippen LogP contribution in [0.2, 0.25) is 5.02 Å². The molecule has 0 bridgehead atoms. The number of ether oxygens (including phenoxy) is 1. The number of hydrogen-bond acceptors (Lipinski definition) is 8. The molecule has 1 spiro atoms. The second kappa shape index (κ2) is 13.5. The fraction of sp³-hybridized carbons (Fsp3) is 0.515. The Balaban J connectivity index is 1.24. The van der Waals surface area contributed by atoms with Crippen LogP contribution in [0.15, 0.2) is 42.5 Å². The van der Waals surface area contributed by atoms with Gasteiger partial charge >= 0.3 is 17.9 Å². The van der Waals surface area contributed by atoms with E-state index in [0.717, 1.165) is 49.3 Å². The first-order chi connectivity index (χ1) is 21.8. The minimum atomic E-state index is -2.80. The highest BCUT2D eigenvalue weighted by Crippen LogP contribution is 2.46. The molecule has 0 radical (unpaired) electrons. The van der Waals surface area contributed by atoms with Gasteiger partial charge in [-0.3, -0.25) is 14.4 Å². The third-order valence-electron chi connectivity index (χ3n) is 9.58. The van der Waals surface area contributed by atoms with E-state index in [4.69, 9.17) is 21.4 Å². The maximum atomic E-state index is 14.2. The van der Waals surface area contributed by atoms with Crippen LogP contribution in [0.1, 0.15) is 43.2 Å². The van der Waals surface area contributed by atoms with Gasteiger partial charge in [0.05, 0.1) is 25.3 Å². The quantitative estimate of drug-likeness (QED) is 0.308. The number of halogens is 2. The maximum absolute atomic E-state index is 14.2. The van der Waals surface area contributed by atoms with Crippen molar-refractivity contribution in [1.29, 1.82) is 0 Å². The molecule has 2 aromatic carbocycles. The van der Waals surface area contributed by atoms with Crippen LogP contribution in [0.3, 0.4) is 0 Å². The number of hydrogen-bond donors (Lipinski definition) is 3. The van der Waals surface area contributed by atoms with Crippen molar-refractivity contribution < 1.29 is 43.6 Å². The smallest absolute Gasteiger partial charge is 0.336 e. The second-order valence-corrected chi connectivity index (χ2v) is 13.3. The number of fused-ring (bicyclic) bond motifs is 2. The lowest BCUT2D eigenvalue weighted by Crippen LogP contribution is -2.48. The average molecular weight is 660 g/mol. The predicted octanol–water partition coefficient (Wildman–Crippen LogP) is 2.95. The Morgan fingerprint density at radius 3 is 2.48 bits per heavy atom. The van der Waals surface area contributed by atoms with Gasteiger partial charge in [0.15, 0.2) is 5.60 Å². The Bertz CT molecular complexity index is 1500. The fourth-order valence-corrected chi connectivity index (χ4v) is 7.38. The first-order valence-corrected chi connectivity index (χ1v) is 15.8. The average Bonchev–Trinajstić information content (AvgIpc) is 3.55. The lowest BCUT2D eigenvalue weighted by atomic mass is 9.74. The van der Waals surface area contributed by atoms with Crippen LogP contribution in [-0.2, 0) is 35.8 Å². The van der Waals surface area contributed by atoms with Gasteiger partial charge in [0.25, 0.3) is 0 Å². The number of amides is 1. The molecule has 248 valence electrons. The molecule has 3 aliphatic heterocycles. The highest BCUT2D eigenvalue weighted by Gasteiger charge is 2.45. The molecular weight excluding hydrogens is 621 g/mol. The van der Waals surface area contributed by atoms with Gasteiger partial charge in [-0.1, -0.05) is 29.8 Å². The summed E-state index contributed by atoms with van der Waals surface area (Å²) in [5, 5.41) is 29.0. The van der Waals surface area contributed by atoms with Crippen molar-refractivity contribution in [3.05, 3.63) is 64.4 Å². The molecular formula is C33H39ClFN3O8. The number of carboxylic acids is 2. The summed E-state index contributed by atoms with van der Waals surface area (Å²) in [7, 11) is 2.03. The summed E-state index contributed by atoms with van der Waals surface area (Å²) in [5.74, 6) is -5.28. The van der Waals surface area contributed by atoms with Crippen molar-refractivity contribution in [1.82, 2.24) is 9.80 Å². The summed E-state index contributed by atoms with van der Waals surface area (Å²) in [6, 6.07) is 12.4. The number of carbonyl (C=O) groups excluding carboxylic acids is 2. The zero-order chi connectivity index (χ0) is 33.2. The molecule has 1 amide bonds. The van der Waals surface area contributed by atoms with Gasteiger partial charge < -0.3 is 34.8 Å². The molecule has 0 aromatic heterocycles. The normalized spacial score (nSPS) is 21.1. The second-order valence-electron chi connectivity index (χ2n) is 12.9. The SMILES string of the molecule is CN1CC2(CCN(CC(Cc3ccccc3Cl)C(=O)N3CC[C@@H](OC(=O)CC(O)(CC(=O)O)C(=O)O)C3)CC2)c2cc(F)ccc21. The first-order valence-electron chi connectivity index (χ1n) is 15.4. The first kappa shape index (κ1) is 33.6. The number of likely N-dealkylation sites (N-methyl/N-ethyl adjacent to an activating group) is 1. The molecule has 2 unspecified atom stereocenters. The summed E-state index contributed by atoms with van der Waals surface area (Å²) in [6.07, 6.45) is -0.545. The molecule has 3 N–H and O–H groups in total. The Hall–Kier alpha value is -3.74. The maximum Gasteiger partial charge on any atom is 0.336 e. The van der Waals surface area contributed by atoms with Crippen LogP contribution >= 0.6 is 11.6 Å². The van der Waals surface area contributed by atoms with Gasteiger partial charge in [-0.05, 0) is 67.7 Å². The monoisotopic (exact) mass is 659 g/mol. The number of carbonyl (C=O) groups is 4. The molecule has 0 saturated carbocycles. The Morgan fingerprint density at radius 2 is 1.80 bits per heavy atom. The van der Waals surface area contributed by atoms with E-state index in [2.05, 4.69) is 9.80 Å². The van der Waals surface area contributed by atoms with Gasteiger partial charge in [-0.15, -0.1) is 0 Å². The number of carboxylic acid groups (broad SMARTS) is 2. The Labute approximate surface area is 271 Å². The van der Waals surface area contributed by atoms with E-state index >= 15 is 0 Å². The van der Waals surface area contributed by atoms with Gasteiger partial charge in [0.2, 0.25) is 5.91 Å². The van der Waals surface area contributed by atoms with Crippen molar-refractivity contribution in [2.24, 2.45) is 5.92 Å². The number of aliphatic carboxylic acids is 2. The number of nitrogens with zero attached hydrogens (tertiary/aromatic N) is 3. The molecule has 0 aliphatic carbocycles. The molecule has 3 heterocycles. The van der Waals surface area contributed by atoms with Crippen molar-refractivity contribution in [3.63, 3.8) is 0 Å². The van der Waals surface area contributed by atoms with Crippen molar-refractivity contribution in [3.8, 4) is 0 Å². The summed E-state index contributed by atoms with van der Waals surface area (Å²) < 4.78 is 19.6. The number of piperidine rings is 1. The third-order valence-corrected chi connectivity index (χ3v) is 9.95. The molecule has 5 rings (SSSR count). The third kappa shape index (κ3) is 7.29. The number of anilines is 1. The van der Waals surface area contributed by atoms with Crippen LogP contribution in [0.4, 0.5) is 10.1 Å². The number of esters is 1. The van der Waals surface area contributed by atoms with E-state index in [1.807, 2.05) is 31.3 Å². The van der Waals surface area contributed by atoms with E-state index in [1.54, 1.807) is 17.0 Å². The lowest BCUT2D eigenvalue weighted by Gasteiger charge is -2.41. The van der Waals surface area contributed by atoms with Gasteiger partial charge in [-0.2, -0.15) is 0 Å². The van der Waals surface area contributed by atoms with Crippen LogP contribution < -0.4 is 4.90 Å². The van der Waals surface area contributed by atoms with Gasteiger partial charge in [0, 0.05) is 49.2 Å². The Kier molecular flexibility index (Phi) is 9.90. The molecule has 2 saturated heterocycles. The zero-order valence-corrected chi connectivity index (χ0v) is 26.4. The van der Waals surface area contributed by atoms with E-state index in [-0.39, 0.29) is 23.7 Å². The highest BCUT2D eigenvalue weighted by molar-refractivity contribution is 6.31. The van der Waals surface area contributed by atoms with Crippen LogP contribution in [-0.4, -0.2) is 107 Å². The number of likely N-dealkylation sites (tertiary alicyclic amines) is 2. The molecule has 13 heteroatoms. The van der Waals surface area contributed by atoms with Crippen molar-refractivity contribution in [2.45, 2.75) is 55.6 Å². The molecule has 3 atom stereocenters. The molecule has 2 aromatic rings. The summed E-state index contributed by atoms with van der Waals surface area (Å²) in [4.78, 5) is 55.0. The van der Waals surface area contributed by atoms with E-state index in [9.17, 15) is 33.8 Å². The fourth-order valence-electron chi connectivity index (χ4n) is 7.17. The summed E-state index contributed by atoms with van der Waals surface area (Å²) >= 11 is 6.49. The standard InChI is InChI=1S/C33H39ClFN3O8/c1-36-20-32(25-15-23(35)6-7-27(25)36)9-12-37(13-10-32)18-22(14-21-4-2-3-5-26(21)34)30(42)38-11-8-24(19-38)46-29(41)17-33(45,31(43)44)16-28(39)40/h2-7,15,22,24,45H,8-14,16-20H2,1H3,(H,39,40)(H,43,44)/t22?,24-,33?/m1/s1. The topological polar surface area (TPSA) is 148 Å². The lowest BCUT2D eigenvalue weighted by molar-refractivity contribution is -0.173.